The number of carbonyl (C=O) groups is 1. The van der Waals surface area contributed by atoms with Crippen molar-refractivity contribution >= 4 is 23.0 Å². The highest BCUT2D eigenvalue weighted by Crippen LogP contribution is 2.18. The molecule has 0 heterocycles. The zero-order valence-corrected chi connectivity index (χ0v) is 12.7. The van der Waals surface area contributed by atoms with Crippen LogP contribution in [0.1, 0.15) is 28.4 Å². The fraction of sp³-hybridized carbons (Fsp3) is 0.125. The fourth-order valence-corrected chi connectivity index (χ4v) is 2.03. The zero-order chi connectivity index (χ0) is 17.0. The lowest BCUT2D eigenvalue weighted by atomic mass is 10.1. The van der Waals surface area contributed by atoms with Crippen LogP contribution in [0.25, 0.3) is 0 Å². The number of nitro groups is 1. The molecule has 0 radical (unpaired) electrons. The summed E-state index contributed by atoms with van der Waals surface area (Å²) in [5.74, 6) is -0.439. The van der Waals surface area contributed by atoms with Gasteiger partial charge < -0.3 is 5.73 Å². The summed E-state index contributed by atoms with van der Waals surface area (Å²) >= 11 is 0. The summed E-state index contributed by atoms with van der Waals surface area (Å²) in [5.41, 5.74) is 10.8. The molecule has 118 valence electrons. The van der Waals surface area contributed by atoms with E-state index in [-0.39, 0.29) is 5.69 Å². The van der Waals surface area contributed by atoms with Crippen molar-refractivity contribution in [1.29, 1.82) is 0 Å². The quantitative estimate of drug-likeness (QED) is 0.391. The third-order valence-electron chi connectivity index (χ3n) is 3.29. The van der Waals surface area contributed by atoms with E-state index >= 15 is 0 Å². The number of anilines is 1. The maximum Gasteiger partial charge on any atom is 0.272 e. The van der Waals surface area contributed by atoms with Gasteiger partial charge in [0.15, 0.2) is 0 Å². The summed E-state index contributed by atoms with van der Waals surface area (Å²) in [5, 5.41) is 14.8. The molecule has 3 N–H and O–H groups in total. The molecule has 0 atom stereocenters. The van der Waals surface area contributed by atoms with Crippen LogP contribution in [0.15, 0.2) is 47.6 Å². The number of rotatable bonds is 4. The minimum atomic E-state index is -0.487. The Morgan fingerprint density at radius 1 is 1.22 bits per heavy atom. The van der Waals surface area contributed by atoms with E-state index in [1.807, 2.05) is 6.07 Å². The Kier molecular flexibility index (Phi) is 4.70. The van der Waals surface area contributed by atoms with Gasteiger partial charge in [-0.25, -0.2) is 5.43 Å². The van der Waals surface area contributed by atoms with Crippen LogP contribution >= 0.6 is 0 Å². The summed E-state index contributed by atoms with van der Waals surface area (Å²) < 4.78 is 0. The number of nitrogens with two attached hydrogens (primary N) is 1. The average molecular weight is 312 g/mol. The third kappa shape index (κ3) is 3.91. The Labute approximate surface area is 133 Å². The SMILES string of the molecule is C/C(=N\NC(=O)c1ccc([N+](=O)[O-])c(C)c1)c1cccc(N)c1. The highest BCUT2D eigenvalue weighted by atomic mass is 16.6. The summed E-state index contributed by atoms with van der Waals surface area (Å²) in [6.45, 7) is 3.33. The van der Waals surface area contributed by atoms with Gasteiger partial charge in [0.1, 0.15) is 0 Å². The lowest BCUT2D eigenvalue weighted by Gasteiger charge is -2.05. The molecule has 0 saturated carbocycles. The van der Waals surface area contributed by atoms with Gasteiger partial charge in [-0.15, -0.1) is 0 Å². The summed E-state index contributed by atoms with van der Waals surface area (Å²) in [4.78, 5) is 22.4. The number of nitrogen functional groups attached to an aromatic ring is 1. The number of benzene rings is 2. The molecule has 7 heteroatoms. The van der Waals surface area contributed by atoms with Crippen LogP contribution in [-0.2, 0) is 0 Å². The van der Waals surface area contributed by atoms with Crippen molar-refractivity contribution in [1.82, 2.24) is 5.43 Å². The number of hydrazone groups is 1. The van der Waals surface area contributed by atoms with Crippen molar-refractivity contribution in [3.05, 3.63) is 69.3 Å². The maximum atomic E-state index is 12.1. The van der Waals surface area contributed by atoms with E-state index < -0.39 is 10.8 Å². The Morgan fingerprint density at radius 3 is 2.57 bits per heavy atom. The Balaban J connectivity index is 2.14. The minimum Gasteiger partial charge on any atom is -0.399 e. The highest BCUT2D eigenvalue weighted by molar-refractivity contribution is 6.01. The van der Waals surface area contributed by atoms with Crippen LogP contribution in [0, 0.1) is 17.0 Å². The van der Waals surface area contributed by atoms with Gasteiger partial charge >= 0.3 is 0 Å². The molecule has 0 aliphatic rings. The van der Waals surface area contributed by atoms with Gasteiger partial charge in [0.2, 0.25) is 0 Å². The third-order valence-corrected chi connectivity index (χ3v) is 3.29. The van der Waals surface area contributed by atoms with Crippen molar-refractivity contribution in [3.8, 4) is 0 Å². The lowest BCUT2D eigenvalue weighted by Crippen LogP contribution is -2.19. The normalized spacial score (nSPS) is 11.1. The number of hydrogen-bond donors (Lipinski definition) is 2. The molecule has 0 saturated heterocycles. The molecule has 2 rings (SSSR count). The molecule has 2 aromatic carbocycles. The molecule has 23 heavy (non-hydrogen) atoms. The number of nitrogens with zero attached hydrogens (tertiary/aromatic N) is 2. The maximum absolute atomic E-state index is 12.1. The van der Waals surface area contributed by atoms with Crippen molar-refractivity contribution in [2.75, 3.05) is 5.73 Å². The Morgan fingerprint density at radius 2 is 1.96 bits per heavy atom. The van der Waals surface area contributed by atoms with Crippen molar-refractivity contribution < 1.29 is 9.72 Å². The molecule has 0 fully saturated rings. The molecule has 0 aromatic heterocycles. The van der Waals surface area contributed by atoms with Gasteiger partial charge in [0.25, 0.3) is 11.6 Å². The van der Waals surface area contributed by atoms with Crippen molar-refractivity contribution in [3.63, 3.8) is 0 Å². The van der Waals surface area contributed by atoms with Gasteiger partial charge in [-0.1, -0.05) is 12.1 Å². The van der Waals surface area contributed by atoms with Crippen molar-refractivity contribution in [2.45, 2.75) is 13.8 Å². The van der Waals surface area contributed by atoms with E-state index in [0.29, 0.717) is 22.5 Å². The Hall–Kier alpha value is -3.22. The Bertz CT molecular complexity index is 800. The molecular weight excluding hydrogens is 296 g/mol. The molecular formula is C16H16N4O3. The largest absolute Gasteiger partial charge is 0.399 e. The van der Waals surface area contributed by atoms with Crippen LogP contribution in [0.5, 0.6) is 0 Å². The zero-order valence-electron chi connectivity index (χ0n) is 12.7. The van der Waals surface area contributed by atoms with Crippen LogP contribution in [0.4, 0.5) is 11.4 Å². The van der Waals surface area contributed by atoms with E-state index in [4.69, 9.17) is 5.73 Å². The first-order valence-electron chi connectivity index (χ1n) is 6.84. The first kappa shape index (κ1) is 16.2. The number of hydrogen-bond acceptors (Lipinski definition) is 5. The molecule has 0 unspecified atom stereocenters. The number of nitro benzene ring substituents is 1. The van der Waals surface area contributed by atoms with Crippen LogP contribution in [0.2, 0.25) is 0 Å². The molecule has 1 amide bonds. The molecule has 0 spiro atoms. The second kappa shape index (κ2) is 6.69. The molecule has 0 aliphatic carbocycles. The fourth-order valence-electron chi connectivity index (χ4n) is 2.03. The van der Waals surface area contributed by atoms with Gasteiger partial charge in [-0.05, 0) is 43.7 Å². The smallest absolute Gasteiger partial charge is 0.272 e. The molecule has 0 bridgehead atoms. The summed E-state index contributed by atoms with van der Waals surface area (Å²) in [7, 11) is 0. The first-order valence-corrected chi connectivity index (χ1v) is 6.84. The molecule has 7 nitrogen and oxygen atoms in total. The van der Waals surface area contributed by atoms with E-state index in [2.05, 4.69) is 10.5 Å². The first-order chi connectivity index (χ1) is 10.9. The van der Waals surface area contributed by atoms with E-state index in [9.17, 15) is 14.9 Å². The highest BCUT2D eigenvalue weighted by Gasteiger charge is 2.13. The van der Waals surface area contributed by atoms with Gasteiger partial charge in [-0.2, -0.15) is 5.10 Å². The topological polar surface area (TPSA) is 111 Å². The van der Waals surface area contributed by atoms with E-state index in [0.717, 1.165) is 5.56 Å². The monoisotopic (exact) mass is 312 g/mol. The average Bonchev–Trinajstić information content (AvgIpc) is 2.51. The van der Waals surface area contributed by atoms with Crippen LogP contribution < -0.4 is 11.2 Å². The number of amides is 1. The van der Waals surface area contributed by atoms with Gasteiger partial charge in [-0.3, -0.25) is 14.9 Å². The predicted molar refractivity (Wildman–Crippen MR) is 88.4 cm³/mol. The molecule has 0 aliphatic heterocycles. The van der Waals surface area contributed by atoms with Gasteiger partial charge in [0, 0.05) is 22.9 Å². The summed E-state index contributed by atoms with van der Waals surface area (Å²) in [6, 6.07) is 11.3. The van der Waals surface area contributed by atoms with E-state index in [1.54, 1.807) is 32.0 Å². The second-order valence-electron chi connectivity index (χ2n) is 5.02. The standard InChI is InChI=1S/C16H16N4O3/c1-10-8-13(6-7-15(10)20(22)23)16(21)19-18-11(2)12-4-3-5-14(17)9-12/h3-9H,17H2,1-2H3,(H,19,21)/b18-11+. The predicted octanol–water partition coefficient (Wildman–Crippen LogP) is 2.64. The van der Waals surface area contributed by atoms with E-state index in [1.165, 1.54) is 18.2 Å². The summed E-state index contributed by atoms with van der Waals surface area (Å²) in [6.07, 6.45) is 0. The second-order valence-corrected chi connectivity index (χ2v) is 5.02. The number of nitrogens with one attached hydrogen (secondary N) is 1. The minimum absolute atomic E-state index is 0.0269. The number of carbonyl (C=O) groups excluding carboxylic acids is 1. The van der Waals surface area contributed by atoms with Crippen LogP contribution in [-0.4, -0.2) is 16.5 Å². The lowest BCUT2D eigenvalue weighted by molar-refractivity contribution is -0.385. The van der Waals surface area contributed by atoms with Crippen LogP contribution in [0.3, 0.4) is 0 Å². The number of aryl methyl sites for hydroxylation is 1. The van der Waals surface area contributed by atoms with Crippen molar-refractivity contribution in [2.24, 2.45) is 5.10 Å². The van der Waals surface area contributed by atoms with Gasteiger partial charge in [0.05, 0.1) is 10.6 Å². The molecule has 2 aromatic rings.